The summed E-state index contributed by atoms with van der Waals surface area (Å²) in [5.41, 5.74) is 0. The van der Waals surface area contributed by atoms with Crippen LogP contribution in [0.2, 0.25) is 0 Å². The number of carbonyl (C=O) groups excluding carboxylic acids is 2. The van der Waals surface area contributed by atoms with Crippen LogP contribution in [0.1, 0.15) is 117 Å². The van der Waals surface area contributed by atoms with E-state index in [0.29, 0.717) is 6.42 Å². The van der Waals surface area contributed by atoms with Crippen molar-refractivity contribution in [3.8, 4) is 0 Å². The Morgan fingerprint density at radius 3 is 1.31 bits per heavy atom. The number of carbonyl (C=O) groups is 1. The first-order chi connectivity index (χ1) is 12.1. The van der Waals surface area contributed by atoms with Crippen molar-refractivity contribution >= 4 is 12.3 Å². The first kappa shape index (κ1) is 30.5. The quantitative estimate of drug-likeness (QED) is 0.213. The maximum absolute atomic E-state index is 10.0. The molecule has 0 spiro atoms. The molecule has 0 aromatic heterocycles. The summed E-state index contributed by atoms with van der Waals surface area (Å²) in [7, 11) is 0. The Hall–Kier alpha value is -0.277. The zero-order valence-corrected chi connectivity index (χ0v) is 20.2. The van der Waals surface area contributed by atoms with E-state index in [1.807, 2.05) is 6.29 Å². The van der Waals surface area contributed by atoms with Gasteiger partial charge in [-0.05, 0) is 6.92 Å². The van der Waals surface area contributed by atoms with Crippen molar-refractivity contribution in [2.45, 2.75) is 123 Å². The van der Waals surface area contributed by atoms with Crippen LogP contribution in [0, 0.1) is 0 Å². The number of unbranched alkanes of at least 4 members (excludes halogenated alkanes) is 15. The van der Waals surface area contributed by atoms with Crippen LogP contribution in [0.4, 0.5) is 0 Å². The molecule has 0 saturated heterocycles. The third kappa shape index (κ3) is 31.5. The van der Waals surface area contributed by atoms with Crippen LogP contribution < -0.4 is 5.11 Å². The summed E-state index contributed by atoms with van der Waals surface area (Å²) in [6, 6.07) is 0. The van der Waals surface area contributed by atoms with E-state index in [-0.39, 0.29) is 19.5 Å². The van der Waals surface area contributed by atoms with Gasteiger partial charge in [-0.15, -0.1) is 0 Å². The number of hydrogen-bond donors (Lipinski definition) is 1. The van der Waals surface area contributed by atoms with Crippen molar-refractivity contribution in [3.05, 3.63) is 0 Å². The molecule has 0 rings (SSSR count). The van der Waals surface area contributed by atoms with Gasteiger partial charge in [0.15, 0.2) is 0 Å². The molecule has 0 aliphatic heterocycles. The van der Waals surface area contributed by atoms with Gasteiger partial charge in [-0.2, -0.15) is 6.42 Å². The van der Waals surface area contributed by atoms with Gasteiger partial charge >= 0.3 is 19.5 Å². The average Bonchev–Trinajstić information content (AvgIpc) is 2.59. The van der Waals surface area contributed by atoms with Crippen molar-refractivity contribution in [2.24, 2.45) is 0 Å². The summed E-state index contributed by atoms with van der Waals surface area (Å²) in [6.07, 6.45) is 21.9. The van der Waals surface area contributed by atoms with E-state index in [9.17, 15) is 14.7 Å². The summed E-state index contributed by atoms with van der Waals surface area (Å²) in [5.74, 6) is -1.44. The Balaban J connectivity index is -0.000000649. The van der Waals surface area contributed by atoms with Crippen molar-refractivity contribution < 1.29 is 39.3 Å². The zero-order valence-electron chi connectivity index (χ0n) is 17.3. The van der Waals surface area contributed by atoms with E-state index < -0.39 is 12.1 Å². The van der Waals surface area contributed by atoms with Gasteiger partial charge in [0.1, 0.15) is 0 Å². The Kier molecular flexibility index (Phi) is 31.6. The molecule has 0 aliphatic carbocycles. The molecule has 0 saturated carbocycles. The van der Waals surface area contributed by atoms with Crippen molar-refractivity contribution in [1.82, 2.24) is 0 Å². The minimum absolute atomic E-state index is 0. The number of carboxylic acid groups (broad SMARTS) is 1. The Morgan fingerprint density at radius 1 is 0.808 bits per heavy atom. The molecule has 0 bridgehead atoms. The molecule has 0 amide bonds. The third-order valence-electron chi connectivity index (χ3n) is 4.22. The second-order valence-corrected chi connectivity index (χ2v) is 6.84. The smallest absolute Gasteiger partial charge is 0.547 e. The van der Waals surface area contributed by atoms with Gasteiger partial charge in [0, 0.05) is 0 Å². The van der Waals surface area contributed by atoms with Crippen molar-refractivity contribution in [2.75, 3.05) is 0 Å². The molecule has 26 heavy (non-hydrogen) atoms. The van der Waals surface area contributed by atoms with Gasteiger partial charge in [-0.25, -0.2) is 0 Å². The standard InChI is InChI=1S/C18H35O.C3H6O3.Zn/c1-2-3-4-5-6-7-8-9-10-11-12-13-14-15-16-17-18-19;1-2(4)3(5)6;/h2-17H2,1H3;2,4H,1H3,(H,5,6);/q-1;;+2/p-1. The number of hydrogen-bond acceptors (Lipinski definition) is 4. The third-order valence-corrected chi connectivity index (χ3v) is 4.22. The monoisotopic (exact) mass is 420 g/mol. The predicted octanol–water partition coefficient (Wildman–Crippen LogP) is 4.47. The largest absolute Gasteiger partial charge is 2.00 e. The fourth-order valence-corrected chi connectivity index (χ4v) is 2.57. The Labute approximate surface area is 174 Å². The molecule has 0 fully saturated rings. The molecule has 0 radical (unpaired) electrons. The molecule has 0 aliphatic rings. The SMILES string of the molecule is CC(O)C(=O)[O-].CCCCCCCCCCCCCCCCC[C-]=O.[Zn+2]. The fourth-order valence-electron chi connectivity index (χ4n) is 2.57. The minimum atomic E-state index is -1.44. The number of aliphatic hydroxyl groups excluding tert-OH is 1. The molecule has 0 aromatic rings. The maximum Gasteiger partial charge on any atom is 2.00 e. The second kappa shape index (κ2) is 26.9. The van der Waals surface area contributed by atoms with Gasteiger partial charge in [0.05, 0.1) is 12.1 Å². The fraction of sp³-hybridized carbons (Fsp3) is 0.905. The molecule has 0 aromatic carbocycles. The van der Waals surface area contributed by atoms with Crippen molar-refractivity contribution in [3.63, 3.8) is 0 Å². The van der Waals surface area contributed by atoms with E-state index in [1.165, 1.54) is 89.9 Å². The molecular formula is C21H40O4Zn. The van der Waals surface area contributed by atoms with E-state index in [4.69, 9.17) is 5.11 Å². The molecule has 4 nitrogen and oxygen atoms in total. The van der Waals surface area contributed by atoms with Crippen LogP contribution in [-0.2, 0) is 29.1 Å². The van der Waals surface area contributed by atoms with E-state index >= 15 is 0 Å². The van der Waals surface area contributed by atoms with Crippen LogP contribution in [0.5, 0.6) is 0 Å². The summed E-state index contributed by atoms with van der Waals surface area (Å²) in [4.78, 5) is 19.4. The molecule has 1 unspecified atom stereocenters. The second-order valence-electron chi connectivity index (χ2n) is 6.84. The van der Waals surface area contributed by atoms with Crippen molar-refractivity contribution in [1.29, 1.82) is 0 Å². The van der Waals surface area contributed by atoms with Crippen LogP contribution in [-0.4, -0.2) is 23.5 Å². The van der Waals surface area contributed by atoms with Crippen LogP contribution in [0.15, 0.2) is 0 Å². The van der Waals surface area contributed by atoms with Gasteiger partial charge in [0.2, 0.25) is 0 Å². The first-order valence-corrected chi connectivity index (χ1v) is 10.3. The summed E-state index contributed by atoms with van der Waals surface area (Å²) < 4.78 is 0. The molecule has 1 atom stereocenters. The van der Waals surface area contributed by atoms with Crippen LogP contribution >= 0.6 is 0 Å². The number of carboxylic acids is 1. The van der Waals surface area contributed by atoms with E-state index in [1.54, 1.807) is 0 Å². The van der Waals surface area contributed by atoms with Gasteiger partial charge in [0.25, 0.3) is 0 Å². The molecular weight excluding hydrogens is 382 g/mol. The Morgan fingerprint density at radius 2 is 1.08 bits per heavy atom. The molecule has 5 heteroatoms. The minimum Gasteiger partial charge on any atom is -0.547 e. The maximum atomic E-state index is 10.0. The zero-order chi connectivity index (χ0) is 19.2. The average molecular weight is 422 g/mol. The number of aliphatic hydroxyl groups is 1. The first-order valence-electron chi connectivity index (χ1n) is 10.3. The topological polar surface area (TPSA) is 77.4 Å². The van der Waals surface area contributed by atoms with E-state index in [2.05, 4.69) is 6.92 Å². The van der Waals surface area contributed by atoms with Gasteiger partial charge < -0.3 is 19.8 Å². The molecule has 1 N–H and O–H groups in total. The predicted molar refractivity (Wildman–Crippen MR) is 102 cm³/mol. The van der Waals surface area contributed by atoms with Gasteiger partial charge in [-0.3, -0.25) is 6.29 Å². The van der Waals surface area contributed by atoms with E-state index in [0.717, 1.165) is 13.3 Å². The van der Waals surface area contributed by atoms with Gasteiger partial charge in [-0.1, -0.05) is 103 Å². The van der Waals surface area contributed by atoms with Crippen LogP contribution in [0.25, 0.3) is 0 Å². The van der Waals surface area contributed by atoms with Crippen LogP contribution in [0.3, 0.4) is 0 Å². The summed E-state index contributed by atoms with van der Waals surface area (Å²) in [5, 5.41) is 17.3. The molecule has 0 heterocycles. The normalized spacial score (nSPS) is 11.0. The number of rotatable bonds is 17. The Bertz CT molecular complexity index is 283. The number of aliphatic carboxylic acids is 1. The summed E-state index contributed by atoms with van der Waals surface area (Å²) >= 11 is 0. The summed E-state index contributed by atoms with van der Waals surface area (Å²) in [6.45, 7) is 3.41. The molecule has 150 valence electrons.